The molecular formula is C46H50N2. The molecule has 244 valence electrons. The van der Waals surface area contributed by atoms with Crippen LogP contribution in [0.4, 0.5) is 0 Å². The molecule has 0 aromatic rings. The van der Waals surface area contributed by atoms with Gasteiger partial charge in [-0.1, -0.05) is 97.2 Å². The van der Waals surface area contributed by atoms with E-state index in [1.807, 2.05) is 0 Å². The molecule has 0 fully saturated rings. The van der Waals surface area contributed by atoms with Crippen LogP contribution in [-0.4, -0.2) is 21.9 Å². The third-order valence-corrected chi connectivity index (χ3v) is 11.1. The fourth-order valence-electron chi connectivity index (χ4n) is 8.51. The van der Waals surface area contributed by atoms with E-state index in [0.29, 0.717) is 12.1 Å². The van der Waals surface area contributed by atoms with Gasteiger partial charge in [0.15, 0.2) is 0 Å². The SMILES string of the molecule is C1=CC(N(C2=CC=C(/C=C/C3=CC=C(N(C4=CCCC=C4)C4C=CC5=C(C=CCC5)C4)CC3)CC2)C2C=CC3=C(C=CCC3)C2)=CCC1. The van der Waals surface area contributed by atoms with Crippen LogP contribution in [-0.2, 0) is 0 Å². The Morgan fingerprint density at radius 2 is 0.917 bits per heavy atom. The predicted molar refractivity (Wildman–Crippen MR) is 202 cm³/mol. The van der Waals surface area contributed by atoms with E-state index in [4.69, 9.17) is 0 Å². The first-order chi connectivity index (χ1) is 23.8. The van der Waals surface area contributed by atoms with E-state index in [2.05, 4.69) is 131 Å². The lowest BCUT2D eigenvalue weighted by Crippen LogP contribution is -2.34. The highest BCUT2D eigenvalue weighted by atomic mass is 15.2. The molecule has 2 heteroatoms. The maximum atomic E-state index is 2.64. The van der Waals surface area contributed by atoms with Gasteiger partial charge in [-0.05, 0) is 148 Å². The Labute approximate surface area is 288 Å². The molecule has 0 radical (unpaired) electrons. The number of nitrogens with zero attached hydrogens (tertiary/aromatic N) is 2. The van der Waals surface area contributed by atoms with Crippen molar-refractivity contribution in [3.05, 3.63) is 178 Å². The Hall–Kier alpha value is -4.30. The van der Waals surface area contributed by atoms with E-state index < -0.39 is 0 Å². The smallest absolute Gasteiger partial charge is 0.0562 e. The van der Waals surface area contributed by atoms with Crippen molar-refractivity contribution >= 4 is 0 Å². The van der Waals surface area contributed by atoms with Crippen LogP contribution in [0.3, 0.4) is 0 Å². The van der Waals surface area contributed by atoms with Gasteiger partial charge < -0.3 is 9.80 Å². The maximum absolute atomic E-state index is 2.64. The van der Waals surface area contributed by atoms with Crippen molar-refractivity contribution in [1.82, 2.24) is 9.80 Å². The number of allylic oxidation sites excluding steroid dienone is 24. The lowest BCUT2D eigenvalue weighted by Gasteiger charge is -2.39. The minimum Gasteiger partial charge on any atom is -0.338 e. The molecule has 0 spiro atoms. The summed E-state index contributed by atoms with van der Waals surface area (Å²) in [5.41, 5.74) is 14.6. The predicted octanol–water partition coefficient (Wildman–Crippen LogP) is 11.8. The van der Waals surface area contributed by atoms with Crippen molar-refractivity contribution in [1.29, 1.82) is 0 Å². The van der Waals surface area contributed by atoms with Gasteiger partial charge in [0.2, 0.25) is 0 Å². The van der Waals surface area contributed by atoms with Crippen LogP contribution in [0.5, 0.6) is 0 Å². The van der Waals surface area contributed by atoms with Crippen molar-refractivity contribution < 1.29 is 0 Å². The molecular weight excluding hydrogens is 581 g/mol. The summed E-state index contributed by atoms with van der Waals surface area (Å²) in [4.78, 5) is 5.27. The molecule has 0 bridgehead atoms. The Kier molecular flexibility index (Phi) is 9.33. The van der Waals surface area contributed by atoms with Crippen LogP contribution < -0.4 is 0 Å². The van der Waals surface area contributed by atoms with Crippen molar-refractivity contribution in [3.63, 3.8) is 0 Å². The molecule has 0 aliphatic heterocycles. The lowest BCUT2D eigenvalue weighted by molar-refractivity contribution is 0.350. The van der Waals surface area contributed by atoms with Crippen LogP contribution in [0, 0.1) is 0 Å². The van der Waals surface area contributed by atoms with Gasteiger partial charge >= 0.3 is 0 Å². The van der Waals surface area contributed by atoms with E-state index in [9.17, 15) is 0 Å². The van der Waals surface area contributed by atoms with Crippen molar-refractivity contribution in [2.45, 2.75) is 102 Å². The average Bonchev–Trinajstić information content (AvgIpc) is 3.16. The molecule has 0 heterocycles. The first kappa shape index (κ1) is 31.0. The van der Waals surface area contributed by atoms with Gasteiger partial charge in [-0.3, -0.25) is 0 Å². The maximum Gasteiger partial charge on any atom is 0.0562 e. The van der Waals surface area contributed by atoms with E-state index in [0.717, 1.165) is 64.2 Å². The Bertz CT molecular complexity index is 1640. The summed E-state index contributed by atoms with van der Waals surface area (Å²) >= 11 is 0. The molecule has 0 saturated carbocycles. The van der Waals surface area contributed by atoms with Crippen LogP contribution in [0.2, 0.25) is 0 Å². The molecule has 8 aliphatic rings. The quantitative estimate of drug-likeness (QED) is 0.263. The van der Waals surface area contributed by atoms with Crippen molar-refractivity contribution in [2.75, 3.05) is 0 Å². The fraction of sp³-hybridized carbons (Fsp3) is 0.348. The molecule has 8 rings (SSSR count). The Morgan fingerprint density at radius 1 is 0.438 bits per heavy atom. The second-order valence-corrected chi connectivity index (χ2v) is 14.3. The molecule has 0 aromatic heterocycles. The molecule has 8 aliphatic carbocycles. The minimum absolute atomic E-state index is 0.382. The number of hydrogen-bond donors (Lipinski definition) is 0. The lowest BCUT2D eigenvalue weighted by atomic mass is 9.86. The molecule has 0 N–H and O–H groups in total. The zero-order valence-electron chi connectivity index (χ0n) is 28.5. The third kappa shape index (κ3) is 6.81. The number of rotatable bonds is 8. The molecule has 2 unspecified atom stereocenters. The average molecular weight is 631 g/mol. The van der Waals surface area contributed by atoms with E-state index in [1.54, 1.807) is 11.1 Å². The van der Waals surface area contributed by atoms with Crippen LogP contribution in [0.25, 0.3) is 0 Å². The van der Waals surface area contributed by atoms with E-state index in [1.165, 1.54) is 70.8 Å². The highest BCUT2D eigenvalue weighted by molar-refractivity contribution is 5.46. The third-order valence-electron chi connectivity index (χ3n) is 11.1. The van der Waals surface area contributed by atoms with E-state index in [-0.39, 0.29) is 0 Å². The van der Waals surface area contributed by atoms with Gasteiger partial charge in [0, 0.05) is 22.8 Å². The monoisotopic (exact) mass is 630 g/mol. The Morgan fingerprint density at radius 3 is 1.33 bits per heavy atom. The zero-order valence-corrected chi connectivity index (χ0v) is 28.5. The number of hydrogen-bond acceptors (Lipinski definition) is 2. The fourth-order valence-corrected chi connectivity index (χ4v) is 8.51. The van der Waals surface area contributed by atoms with Gasteiger partial charge in [-0.25, -0.2) is 0 Å². The van der Waals surface area contributed by atoms with E-state index >= 15 is 0 Å². The normalized spacial score (nSPS) is 26.4. The summed E-state index contributed by atoms with van der Waals surface area (Å²) in [6, 6.07) is 0.763. The highest BCUT2D eigenvalue weighted by Gasteiger charge is 2.28. The standard InChI is InChI=1S/C46H50N2/c1-3-15-41(16-4-1)47(45-31-25-37-11-7-9-13-39(37)33-45)43-27-21-35(22-28-43)19-20-36-23-29-44(30-24-36)48(42-17-5-2-6-18-42)46-32-26-38-12-8-10-14-40(38)34-46/h3,5,9-10,13-21,23,25-27,29,31-32,45-46H,1-2,4,6-8,11-12,22,24,28,30,33-34H2/b20-19+. The summed E-state index contributed by atoms with van der Waals surface area (Å²) in [6.45, 7) is 0. The summed E-state index contributed by atoms with van der Waals surface area (Å²) < 4.78 is 0. The summed E-state index contributed by atoms with van der Waals surface area (Å²) in [5, 5.41) is 0. The molecule has 0 saturated heterocycles. The van der Waals surface area contributed by atoms with Crippen LogP contribution in [0.1, 0.15) is 89.9 Å². The van der Waals surface area contributed by atoms with Gasteiger partial charge in [-0.2, -0.15) is 0 Å². The second kappa shape index (κ2) is 14.4. The molecule has 0 amide bonds. The van der Waals surface area contributed by atoms with Gasteiger partial charge in [0.25, 0.3) is 0 Å². The van der Waals surface area contributed by atoms with Crippen molar-refractivity contribution in [3.8, 4) is 0 Å². The van der Waals surface area contributed by atoms with Crippen molar-refractivity contribution in [2.24, 2.45) is 0 Å². The van der Waals surface area contributed by atoms with Crippen LogP contribution >= 0.6 is 0 Å². The molecule has 2 atom stereocenters. The minimum atomic E-state index is 0.382. The van der Waals surface area contributed by atoms with Gasteiger partial charge in [0.05, 0.1) is 12.1 Å². The zero-order chi connectivity index (χ0) is 32.1. The summed E-state index contributed by atoms with van der Waals surface area (Å²) in [5.74, 6) is 0. The summed E-state index contributed by atoms with van der Waals surface area (Å²) in [6.07, 6.45) is 63.7. The summed E-state index contributed by atoms with van der Waals surface area (Å²) in [7, 11) is 0. The topological polar surface area (TPSA) is 6.48 Å². The molecule has 48 heavy (non-hydrogen) atoms. The largest absolute Gasteiger partial charge is 0.338 e. The highest BCUT2D eigenvalue weighted by Crippen LogP contribution is 2.38. The first-order valence-electron chi connectivity index (χ1n) is 18.7. The van der Waals surface area contributed by atoms with Crippen LogP contribution in [0.15, 0.2) is 178 Å². The second-order valence-electron chi connectivity index (χ2n) is 14.3. The molecule has 0 aromatic carbocycles. The molecule has 2 nitrogen and oxygen atoms in total. The Balaban J connectivity index is 0.978. The van der Waals surface area contributed by atoms with Gasteiger partial charge in [0.1, 0.15) is 0 Å². The first-order valence-corrected chi connectivity index (χ1v) is 18.7. The van der Waals surface area contributed by atoms with Gasteiger partial charge in [-0.15, -0.1) is 0 Å².